The van der Waals surface area contributed by atoms with Crippen LogP contribution in [0, 0.1) is 13.8 Å². The van der Waals surface area contributed by atoms with E-state index in [0.717, 1.165) is 29.0 Å². The summed E-state index contributed by atoms with van der Waals surface area (Å²) in [6.45, 7) is 9.41. The fraction of sp³-hybridized carbons (Fsp3) is 0.240. The average Bonchev–Trinajstić information content (AvgIpc) is 3.00. The molecule has 5 heteroatoms. The summed E-state index contributed by atoms with van der Waals surface area (Å²) < 4.78 is 2.24. The van der Waals surface area contributed by atoms with E-state index >= 15 is 0 Å². The quantitative estimate of drug-likeness (QED) is 0.337. The number of hydrazone groups is 1. The van der Waals surface area contributed by atoms with Crippen molar-refractivity contribution in [2.24, 2.45) is 5.10 Å². The molecule has 4 aromatic rings. The van der Waals surface area contributed by atoms with E-state index in [1.807, 2.05) is 12.3 Å². The maximum absolute atomic E-state index is 4.57. The second kappa shape index (κ2) is 8.49. The Kier molecular flexibility index (Phi) is 5.61. The SMILES string of the molecule is Cc1c(C)n(Cc2ccccc2)c2ncnc(NN=Cc3ccc(C(C)C)cc3)c12. The molecule has 2 aromatic heterocycles. The molecule has 0 bridgehead atoms. The molecule has 0 saturated carbocycles. The number of fused-ring (bicyclic) bond motifs is 1. The molecule has 30 heavy (non-hydrogen) atoms. The summed E-state index contributed by atoms with van der Waals surface area (Å²) >= 11 is 0. The molecule has 4 rings (SSSR count). The summed E-state index contributed by atoms with van der Waals surface area (Å²) in [7, 11) is 0. The monoisotopic (exact) mass is 397 g/mol. The van der Waals surface area contributed by atoms with Crippen LogP contribution in [0.1, 0.15) is 47.7 Å². The van der Waals surface area contributed by atoms with E-state index in [4.69, 9.17) is 0 Å². The van der Waals surface area contributed by atoms with Gasteiger partial charge in [0, 0.05) is 12.2 Å². The highest BCUT2D eigenvalue weighted by molar-refractivity contribution is 5.92. The van der Waals surface area contributed by atoms with Crippen LogP contribution >= 0.6 is 0 Å². The predicted octanol–water partition coefficient (Wildman–Crippen LogP) is 5.67. The molecule has 0 aliphatic heterocycles. The van der Waals surface area contributed by atoms with Crippen LogP contribution in [-0.4, -0.2) is 20.7 Å². The summed E-state index contributed by atoms with van der Waals surface area (Å²) in [4.78, 5) is 9.02. The van der Waals surface area contributed by atoms with Gasteiger partial charge in [-0.1, -0.05) is 68.4 Å². The molecule has 0 atom stereocenters. The van der Waals surface area contributed by atoms with E-state index < -0.39 is 0 Å². The molecule has 0 unspecified atom stereocenters. The molecule has 152 valence electrons. The lowest BCUT2D eigenvalue weighted by Gasteiger charge is -2.08. The zero-order valence-corrected chi connectivity index (χ0v) is 17.9. The van der Waals surface area contributed by atoms with Crippen LogP contribution in [0.5, 0.6) is 0 Å². The number of aryl methyl sites for hydroxylation is 1. The van der Waals surface area contributed by atoms with Crippen LogP contribution in [0.4, 0.5) is 5.82 Å². The largest absolute Gasteiger partial charge is 0.325 e. The Bertz CT molecular complexity index is 1170. The molecule has 1 N–H and O–H groups in total. The van der Waals surface area contributed by atoms with Gasteiger partial charge in [0.05, 0.1) is 11.6 Å². The Hall–Kier alpha value is -3.47. The Balaban J connectivity index is 1.61. The molecule has 2 heterocycles. The molecule has 5 nitrogen and oxygen atoms in total. The molecular weight excluding hydrogens is 370 g/mol. The van der Waals surface area contributed by atoms with Gasteiger partial charge in [-0.05, 0) is 42.0 Å². The van der Waals surface area contributed by atoms with Crippen molar-refractivity contribution in [3.63, 3.8) is 0 Å². The lowest BCUT2D eigenvalue weighted by atomic mass is 10.0. The third-order valence-electron chi connectivity index (χ3n) is 5.58. The zero-order chi connectivity index (χ0) is 21.1. The second-order valence-corrected chi connectivity index (χ2v) is 7.89. The summed E-state index contributed by atoms with van der Waals surface area (Å²) in [6.07, 6.45) is 3.42. The van der Waals surface area contributed by atoms with Crippen molar-refractivity contribution in [2.75, 3.05) is 5.43 Å². The van der Waals surface area contributed by atoms with Gasteiger partial charge in [-0.25, -0.2) is 9.97 Å². The smallest absolute Gasteiger partial charge is 0.159 e. The number of hydrogen-bond donors (Lipinski definition) is 1. The number of aromatic nitrogens is 3. The highest BCUT2D eigenvalue weighted by Gasteiger charge is 2.16. The predicted molar refractivity (Wildman–Crippen MR) is 124 cm³/mol. The van der Waals surface area contributed by atoms with Crippen LogP contribution in [0.25, 0.3) is 11.0 Å². The number of rotatable bonds is 6. The van der Waals surface area contributed by atoms with Crippen LogP contribution in [-0.2, 0) is 6.54 Å². The minimum atomic E-state index is 0.523. The number of nitrogens with one attached hydrogen (secondary N) is 1. The minimum Gasteiger partial charge on any atom is -0.325 e. The van der Waals surface area contributed by atoms with E-state index in [1.54, 1.807) is 6.33 Å². The molecule has 0 aliphatic rings. The van der Waals surface area contributed by atoms with E-state index in [-0.39, 0.29) is 0 Å². The Morgan fingerprint density at radius 3 is 2.43 bits per heavy atom. The normalized spacial score (nSPS) is 11.6. The zero-order valence-electron chi connectivity index (χ0n) is 17.9. The molecule has 0 amide bonds. The minimum absolute atomic E-state index is 0.523. The van der Waals surface area contributed by atoms with Crippen LogP contribution in [0.3, 0.4) is 0 Å². The summed E-state index contributed by atoms with van der Waals surface area (Å²) in [5.74, 6) is 1.25. The number of benzene rings is 2. The first kappa shape index (κ1) is 19.8. The molecular formula is C25H27N5. The number of nitrogens with zero attached hydrogens (tertiary/aromatic N) is 4. The average molecular weight is 398 g/mol. The van der Waals surface area contributed by atoms with Crippen molar-refractivity contribution in [1.29, 1.82) is 0 Å². The first-order valence-corrected chi connectivity index (χ1v) is 10.3. The fourth-order valence-corrected chi connectivity index (χ4v) is 3.65. The van der Waals surface area contributed by atoms with Gasteiger partial charge >= 0.3 is 0 Å². The third kappa shape index (κ3) is 3.96. The molecule has 0 saturated heterocycles. The Morgan fingerprint density at radius 1 is 1.00 bits per heavy atom. The lowest BCUT2D eigenvalue weighted by Crippen LogP contribution is -2.03. The van der Waals surface area contributed by atoms with Gasteiger partial charge in [-0.3, -0.25) is 5.43 Å². The topological polar surface area (TPSA) is 55.1 Å². The number of hydrogen-bond acceptors (Lipinski definition) is 4. The highest BCUT2D eigenvalue weighted by Crippen LogP contribution is 2.29. The maximum atomic E-state index is 4.57. The van der Waals surface area contributed by atoms with Gasteiger partial charge in [-0.2, -0.15) is 5.10 Å². The number of anilines is 1. The standard InChI is InChI=1S/C25H27N5/c1-17(2)22-12-10-20(11-13-22)14-28-29-24-23-18(3)19(4)30(25(23)27-16-26-24)15-21-8-6-5-7-9-21/h5-14,16-17H,15H2,1-4H3,(H,26,27,29). The lowest BCUT2D eigenvalue weighted by molar-refractivity contribution is 0.790. The van der Waals surface area contributed by atoms with Crippen molar-refractivity contribution in [1.82, 2.24) is 14.5 Å². The van der Waals surface area contributed by atoms with Crippen molar-refractivity contribution < 1.29 is 0 Å². The van der Waals surface area contributed by atoms with Crippen LogP contribution in [0.2, 0.25) is 0 Å². The van der Waals surface area contributed by atoms with Gasteiger partial charge in [0.2, 0.25) is 0 Å². The molecule has 0 aliphatic carbocycles. The molecule has 2 aromatic carbocycles. The van der Waals surface area contributed by atoms with Crippen molar-refractivity contribution in [2.45, 2.75) is 40.2 Å². The van der Waals surface area contributed by atoms with Crippen molar-refractivity contribution in [3.8, 4) is 0 Å². The van der Waals surface area contributed by atoms with E-state index in [0.29, 0.717) is 5.92 Å². The first-order valence-electron chi connectivity index (χ1n) is 10.3. The van der Waals surface area contributed by atoms with Gasteiger partial charge in [-0.15, -0.1) is 0 Å². The Morgan fingerprint density at radius 2 is 1.73 bits per heavy atom. The molecule has 0 radical (unpaired) electrons. The first-order chi connectivity index (χ1) is 14.5. The van der Waals surface area contributed by atoms with Crippen LogP contribution in [0.15, 0.2) is 66.0 Å². The van der Waals surface area contributed by atoms with Crippen molar-refractivity contribution >= 4 is 23.1 Å². The summed E-state index contributed by atoms with van der Waals surface area (Å²) in [5.41, 5.74) is 10.0. The van der Waals surface area contributed by atoms with Crippen LogP contribution < -0.4 is 5.43 Å². The third-order valence-corrected chi connectivity index (χ3v) is 5.58. The highest BCUT2D eigenvalue weighted by atomic mass is 15.3. The van der Waals surface area contributed by atoms with Gasteiger partial charge < -0.3 is 4.57 Å². The van der Waals surface area contributed by atoms with E-state index in [9.17, 15) is 0 Å². The van der Waals surface area contributed by atoms with Crippen molar-refractivity contribution in [3.05, 3.63) is 88.9 Å². The summed E-state index contributed by atoms with van der Waals surface area (Å²) in [6, 6.07) is 18.9. The van der Waals surface area contributed by atoms with Gasteiger partial charge in [0.25, 0.3) is 0 Å². The van der Waals surface area contributed by atoms with E-state index in [1.165, 1.54) is 22.4 Å². The Labute approximate surface area is 177 Å². The maximum Gasteiger partial charge on any atom is 0.159 e. The molecule has 0 fully saturated rings. The van der Waals surface area contributed by atoms with Gasteiger partial charge in [0.15, 0.2) is 5.82 Å². The van der Waals surface area contributed by atoms with E-state index in [2.05, 4.69) is 101 Å². The fourth-order valence-electron chi connectivity index (χ4n) is 3.65. The molecule has 0 spiro atoms. The second-order valence-electron chi connectivity index (χ2n) is 7.89. The summed E-state index contributed by atoms with van der Waals surface area (Å²) in [5, 5.41) is 5.44. The van der Waals surface area contributed by atoms with Gasteiger partial charge in [0.1, 0.15) is 12.0 Å².